The van der Waals surface area contributed by atoms with E-state index >= 15 is 0 Å². The molecule has 0 saturated carbocycles. The summed E-state index contributed by atoms with van der Waals surface area (Å²) >= 11 is 3.26. The molecule has 2 rings (SSSR count). The molecule has 0 aromatic carbocycles. The lowest BCUT2D eigenvalue weighted by molar-refractivity contribution is 0.0694. The predicted molar refractivity (Wildman–Crippen MR) is 58.0 cm³/mol. The SMILES string of the molecule is O=C(O)c1cncnc1Cn1cc(Br)cn1. The Hall–Kier alpha value is -1.76. The van der Waals surface area contributed by atoms with Crippen molar-refractivity contribution in [2.24, 2.45) is 0 Å². The maximum atomic E-state index is 10.9. The van der Waals surface area contributed by atoms with Crippen molar-refractivity contribution in [3.05, 3.63) is 40.6 Å². The molecule has 6 nitrogen and oxygen atoms in total. The largest absolute Gasteiger partial charge is 0.478 e. The molecule has 0 amide bonds. The Labute approximate surface area is 99.1 Å². The summed E-state index contributed by atoms with van der Waals surface area (Å²) in [6, 6.07) is 0. The molecule has 0 aliphatic rings. The van der Waals surface area contributed by atoms with Crippen molar-refractivity contribution in [1.82, 2.24) is 19.7 Å². The maximum Gasteiger partial charge on any atom is 0.339 e. The summed E-state index contributed by atoms with van der Waals surface area (Å²) in [5.41, 5.74) is 0.521. The second-order valence-corrected chi connectivity index (χ2v) is 3.96. The first-order valence-electron chi connectivity index (χ1n) is 4.37. The fourth-order valence-corrected chi connectivity index (χ4v) is 1.57. The van der Waals surface area contributed by atoms with Crippen LogP contribution in [0.25, 0.3) is 0 Å². The van der Waals surface area contributed by atoms with E-state index in [9.17, 15) is 4.79 Å². The molecule has 2 heterocycles. The van der Waals surface area contributed by atoms with E-state index in [-0.39, 0.29) is 5.56 Å². The summed E-state index contributed by atoms with van der Waals surface area (Å²) < 4.78 is 2.43. The average Bonchev–Trinajstić information content (AvgIpc) is 2.64. The lowest BCUT2D eigenvalue weighted by Gasteiger charge is -2.03. The number of aromatic carboxylic acids is 1. The minimum absolute atomic E-state index is 0.0918. The molecular weight excluding hydrogens is 276 g/mol. The summed E-state index contributed by atoms with van der Waals surface area (Å²) in [4.78, 5) is 18.5. The van der Waals surface area contributed by atoms with Gasteiger partial charge in [-0.25, -0.2) is 14.8 Å². The van der Waals surface area contributed by atoms with Crippen molar-refractivity contribution in [1.29, 1.82) is 0 Å². The Balaban J connectivity index is 2.31. The van der Waals surface area contributed by atoms with E-state index in [1.54, 1.807) is 17.1 Å². The van der Waals surface area contributed by atoms with Crippen LogP contribution in [0.2, 0.25) is 0 Å². The minimum atomic E-state index is -1.04. The number of halogens is 1. The molecule has 0 aliphatic carbocycles. The molecule has 0 bridgehead atoms. The van der Waals surface area contributed by atoms with E-state index in [0.29, 0.717) is 12.2 Å². The maximum absolute atomic E-state index is 10.9. The van der Waals surface area contributed by atoms with Gasteiger partial charge in [0.1, 0.15) is 11.9 Å². The Morgan fingerprint density at radius 3 is 2.94 bits per heavy atom. The van der Waals surface area contributed by atoms with Gasteiger partial charge in [-0.2, -0.15) is 5.10 Å². The van der Waals surface area contributed by atoms with Crippen LogP contribution in [-0.2, 0) is 6.54 Å². The van der Waals surface area contributed by atoms with Crippen LogP contribution in [0, 0.1) is 0 Å². The third kappa shape index (κ3) is 2.25. The Morgan fingerprint density at radius 1 is 1.50 bits per heavy atom. The Morgan fingerprint density at radius 2 is 2.31 bits per heavy atom. The molecule has 0 unspecified atom stereocenters. The molecule has 2 aromatic rings. The zero-order chi connectivity index (χ0) is 11.5. The van der Waals surface area contributed by atoms with E-state index in [4.69, 9.17) is 5.11 Å². The van der Waals surface area contributed by atoms with Gasteiger partial charge in [0.05, 0.1) is 22.9 Å². The summed E-state index contributed by atoms with van der Waals surface area (Å²) in [7, 11) is 0. The number of carbonyl (C=O) groups is 1. The predicted octanol–water partition coefficient (Wildman–Crippen LogP) is 1.18. The monoisotopic (exact) mass is 282 g/mol. The van der Waals surface area contributed by atoms with Crippen LogP contribution < -0.4 is 0 Å². The van der Waals surface area contributed by atoms with Gasteiger partial charge < -0.3 is 5.11 Å². The molecule has 16 heavy (non-hydrogen) atoms. The highest BCUT2D eigenvalue weighted by Gasteiger charge is 2.11. The van der Waals surface area contributed by atoms with Crippen LogP contribution in [0.1, 0.15) is 16.1 Å². The van der Waals surface area contributed by atoms with Crippen molar-refractivity contribution in [2.75, 3.05) is 0 Å². The van der Waals surface area contributed by atoms with Crippen LogP contribution in [0.5, 0.6) is 0 Å². The van der Waals surface area contributed by atoms with Crippen LogP contribution in [0.15, 0.2) is 29.4 Å². The van der Waals surface area contributed by atoms with Gasteiger partial charge >= 0.3 is 5.97 Å². The van der Waals surface area contributed by atoms with Crippen molar-refractivity contribution in [3.63, 3.8) is 0 Å². The molecule has 0 aliphatic heterocycles. The number of nitrogens with zero attached hydrogens (tertiary/aromatic N) is 4. The molecule has 1 N–H and O–H groups in total. The Kier molecular flexibility index (Phi) is 2.95. The second-order valence-electron chi connectivity index (χ2n) is 3.04. The average molecular weight is 283 g/mol. The molecular formula is C9H7BrN4O2. The highest BCUT2D eigenvalue weighted by atomic mass is 79.9. The first kappa shape index (κ1) is 10.7. The van der Waals surface area contributed by atoms with Gasteiger partial charge in [0, 0.05) is 12.4 Å². The zero-order valence-corrected chi connectivity index (χ0v) is 9.62. The summed E-state index contributed by atoms with van der Waals surface area (Å²) in [6.07, 6.45) is 5.97. The lowest BCUT2D eigenvalue weighted by Crippen LogP contribution is -2.10. The van der Waals surface area contributed by atoms with E-state index in [2.05, 4.69) is 31.0 Å². The molecule has 2 aromatic heterocycles. The van der Waals surface area contributed by atoms with Crippen LogP contribution in [-0.4, -0.2) is 30.8 Å². The van der Waals surface area contributed by atoms with Gasteiger partial charge in [-0.05, 0) is 15.9 Å². The van der Waals surface area contributed by atoms with E-state index in [1.807, 2.05) is 0 Å². The minimum Gasteiger partial charge on any atom is -0.478 e. The molecule has 0 fully saturated rings. The molecule has 7 heteroatoms. The molecule has 0 atom stereocenters. The van der Waals surface area contributed by atoms with Crippen LogP contribution in [0.3, 0.4) is 0 Å². The number of carboxylic acid groups (broad SMARTS) is 1. The number of aromatic nitrogens is 4. The highest BCUT2D eigenvalue weighted by Crippen LogP contribution is 2.10. The number of carboxylic acids is 1. The van der Waals surface area contributed by atoms with Gasteiger partial charge in [0.25, 0.3) is 0 Å². The summed E-state index contributed by atoms with van der Waals surface area (Å²) in [5.74, 6) is -1.04. The van der Waals surface area contributed by atoms with Crippen molar-refractivity contribution >= 4 is 21.9 Å². The van der Waals surface area contributed by atoms with Crippen molar-refractivity contribution in [3.8, 4) is 0 Å². The number of hydrogen-bond donors (Lipinski definition) is 1. The van der Waals surface area contributed by atoms with Gasteiger partial charge in [-0.3, -0.25) is 4.68 Å². The van der Waals surface area contributed by atoms with E-state index in [1.165, 1.54) is 12.5 Å². The first-order chi connectivity index (χ1) is 7.66. The van der Waals surface area contributed by atoms with Gasteiger partial charge in [-0.15, -0.1) is 0 Å². The van der Waals surface area contributed by atoms with Crippen LogP contribution >= 0.6 is 15.9 Å². The fraction of sp³-hybridized carbons (Fsp3) is 0.111. The number of rotatable bonds is 3. The first-order valence-corrected chi connectivity index (χ1v) is 5.16. The van der Waals surface area contributed by atoms with Crippen molar-refractivity contribution < 1.29 is 9.90 Å². The lowest BCUT2D eigenvalue weighted by atomic mass is 10.2. The summed E-state index contributed by atoms with van der Waals surface area (Å²) in [6.45, 7) is 0.301. The highest BCUT2D eigenvalue weighted by molar-refractivity contribution is 9.10. The zero-order valence-electron chi connectivity index (χ0n) is 8.04. The van der Waals surface area contributed by atoms with E-state index < -0.39 is 5.97 Å². The topological polar surface area (TPSA) is 80.9 Å². The second kappa shape index (κ2) is 4.40. The fourth-order valence-electron chi connectivity index (χ4n) is 1.24. The summed E-state index contributed by atoms with van der Waals surface area (Å²) in [5, 5.41) is 13.0. The molecule has 82 valence electrons. The van der Waals surface area contributed by atoms with Crippen molar-refractivity contribution in [2.45, 2.75) is 6.54 Å². The standard InChI is InChI=1S/C9H7BrN4O2/c10-6-1-13-14(3-6)4-8-7(9(15)16)2-11-5-12-8/h1-3,5H,4H2,(H,15,16). The van der Waals surface area contributed by atoms with E-state index in [0.717, 1.165) is 4.47 Å². The quantitative estimate of drug-likeness (QED) is 0.914. The smallest absolute Gasteiger partial charge is 0.339 e. The van der Waals surface area contributed by atoms with Crippen LogP contribution in [0.4, 0.5) is 0 Å². The Bertz CT molecular complexity index is 526. The van der Waals surface area contributed by atoms with Gasteiger partial charge in [0.15, 0.2) is 0 Å². The molecule has 0 radical (unpaired) electrons. The van der Waals surface area contributed by atoms with Gasteiger partial charge in [0.2, 0.25) is 0 Å². The normalized spacial score (nSPS) is 10.3. The van der Waals surface area contributed by atoms with Gasteiger partial charge in [-0.1, -0.05) is 0 Å². The third-order valence-corrected chi connectivity index (χ3v) is 2.35. The molecule has 0 saturated heterocycles. The third-order valence-electron chi connectivity index (χ3n) is 1.94. The number of hydrogen-bond acceptors (Lipinski definition) is 4. The molecule has 0 spiro atoms.